The summed E-state index contributed by atoms with van der Waals surface area (Å²) in [5.74, 6) is -1.40. The molecule has 0 aliphatic carbocycles. The van der Waals surface area contributed by atoms with Crippen molar-refractivity contribution in [3.05, 3.63) is 87.7 Å². The van der Waals surface area contributed by atoms with Crippen molar-refractivity contribution in [1.29, 1.82) is 0 Å². The first-order valence-corrected chi connectivity index (χ1v) is 10.1. The summed E-state index contributed by atoms with van der Waals surface area (Å²) >= 11 is 6.26. The number of urea groups is 1. The van der Waals surface area contributed by atoms with Gasteiger partial charge in [0.25, 0.3) is 11.8 Å². The lowest BCUT2D eigenvalue weighted by molar-refractivity contribution is -0.122. The van der Waals surface area contributed by atoms with E-state index in [2.05, 4.69) is 5.32 Å². The molecule has 3 aromatic rings. The third-order valence-electron chi connectivity index (χ3n) is 5.07. The molecule has 156 valence electrons. The second-order valence-corrected chi connectivity index (χ2v) is 7.95. The van der Waals surface area contributed by atoms with Gasteiger partial charge in [0.2, 0.25) is 0 Å². The summed E-state index contributed by atoms with van der Waals surface area (Å²) in [5, 5.41) is 2.88. The molecule has 4 amide bonds. The van der Waals surface area contributed by atoms with E-state index in [0.717, 1.165) is 27.3 Å². The Balaban J connectivity index is 1.76. The minimum Gasteiger partial charge on any atom is -0.317 e. The summed E-state index contributed by atoms with van der Waals surface area (Å²) in [7, 11) is 0. The molecular weight excluding hydrogens is 414 g/mol. The molecule has 2 aromatic carbocycles. The van der Waals surface area contributed by atoms with Gasteiger partial charge in [0, 0.05) is 22.6 Å². The van der Waals surface area contributed by atoms with Gasteiger partial charge in [0.15, 0.2) is 0 Å². The third kappa shape index (κ3) is 3.90. The number of hydrogen-bond donors (Lipinski definition) is 1. The topological polar surface area (TPSA) is 71.4 Å². The maximum absolute atomic E-state index is 13.2. The lowest BCUT2D eigenvalue weighted by atomic mass is 10.1. The van der Waals surface area contributed by atoms with Crippen LogP contribution >= 0.6 is 11.6 Å². The molecule has 31 heavy (non-hydrogen) atoms. The first-order chi connectivity index (χ1) is 14.7. The smallest absolute Gasteiger partial charge is 0.317 e. The van der Waals surface area contributed by atoms with Crippen LogP contribution < -0.4 is 10.2 Å². The zero-order chi connectivity index (χ0) is 22.3. The molecule has 1 aliphatic heterocycles. The number of nitrogens with zero attached hydrogens (tertiary/aromatic N) is 2. The van der Waals surface area contributed by atoms with Crippen molar-refractivity contribution < 1.29 is 14.4 Å². The number of carbonyl (C=O) groups is 3. The monoisotopic (exact) mass is 433 g/mol. The summed E-state index contributed by atoms with van der Waals surface area (Å²) in [4.78, 5) is 39.2. The second kappa shape index (κ2) is 7.89. The average molecular weight is 434 g/mol. The Morgan fingerprint density at radius 3 is 2.29 bits per heavy atom. The van der Waals surface area contributed by atoms with Gasteiger partial charge < -0.3 is 4.57 Å². The lowest BCUT2D eigenvalue weighted by Gasteiger charge is -2.27. The van der Waals surface area contributed by atoms with Gasteiger partial charge in [0.1, 0.15) is 5.57 Å². The molecule has 1 aliphatic rings. The van der Waals surface area contributed by atoms with Crippen molar-refractivity contribution >= 4 is 41.2 Å². The molecular formula is C24H20ClN3O3. The van der Waals surface area contributed by atoms with E-state index in [-0.39, 0.29) is 5.57 Å². The van der Waals surface area contributed by atoms with Gasteiger partial charge in [-0.2, -0.15) is 0 Å². The van der Waals surface area contributed by atoms with Crippen LogP contribution in [0.25, 0.3) is 11.8 Å². The van der Waals surface area contributed by atoms with Gasteiger partial charge in [0.05, 0.1) is 5.69 Å². The Morgan fingerprint density at radius 1 is 0.903 bits per heavy atom. The molecule has 0 atom stereocenters. The van der Waals surface area contributed by atoms with Crippen LogP contribution in [0.3, 0.4) is 0 Å². The van der Waals surface area contributed by atoms with E-state index in [0.29, 0.717) is 16.4 Å². The van der Waals surface area contributed by atoms with Crippen molar-refractivity contribution in [2.24, 2.45) is 0 Å². The Morgan fingerprint density at radius 2 is 1.61 bits per heavy atom. The van der Waals surface area contributed by atoms with E-state index in [1.54, 1.807) is 24.3 Å². The van der Waals surface area contributed by atoms with Crippen LogP contribution in [0, 0.1) is 20.8 Å². The summed E-state index contributed by atoms with van der Waals surface area (Å²) in [6.07, 6.45) is 3.29. The Labute approximate surface area is 184 Å². The molecule has 1 aromatic heterocycles. The molecule has 1 N–H and O–H groups in total. The first-order valence-electron chi connectivity index (χ1n) is 9.68. The van der Waals surface area contributed by atoms with Gasteiger partial charge in [-0.05, 0) is 79.9 Å². The number of imide groups is 2. The largest absolute Gasteiger partial charge is 0.335 e. The zero-order valence-corrected chi connectivity index (χ0v) is 18.0. The highest BCUT2D eigenvalue weighted by molar-refractivity contribution is 6.39. The molecule has 0 saturated carbocycles. The Bertz CT molecular complexity index is 1250. The molecule has 6 nitrogen and oxygen atoms in total. The molecule has 1 fully saturated rings. The van der Waals surface area contributed by atoms with E-state index in [1.807, 2.05) is 55.8 Å². The van der Waals surface area contributed by atoms with Crippen molar-refractivity contribution in [3.63, 3.8) is 0 Å². The zero-order valence-electron chi connectivity index (χ0n) is 17.3. The van der Waals surface area contributed by atoms with Gasteiger partial charge in [-0.15, -0.1) is 0 Å². The highest BCUT2D eigenvalue weighted by Gasteiger charge is 2.37. The van der Waals surface area contributed by atoms with Crippen LogP contribution in [0.1, 0.15) is 22.4 Å². The molecule has 7 heteroatoms. The van der Waals surface area contributed by atoms with Crippen LogP contribution in [0.2, 0.25) is 5.02 Å². The summed E-state index contributed by atoms with van der Waals surface area (Å²) in [5.41, 5.74) is 4.44. The minimum absolute atomic E-state index is 0.128. The third-order valence-corrected chi connectivity index (χ3v) is 5.48. The maximum Gasteiger partial charge on any atom is 0.335 e. The molecule has 2 heterocycles. The number of benzene rings is 2. The van der Waals surface area contributed by atoms with Crippen LogP contribution in [-0.2, 0) is 9.59 Å². The Kier molecular flexibility index (Phi) is 5.25. The number of aromatic nitrogens is 1. The maximum atomic E-state index is 13.2. The van der Waals surface area contributed by atoms with Gasteiger partial charge in [-0.3, -0.25) is 14.9 Å². The van der Waals surface area contributed by atoms with Gasteiger partial charge >= 0.3 is 6.03 Å². The highest BCUT2D eigenvalue weighted by atomic mass is 35.5. The fourth-order valence-corrected chi connectivity index (χ4v) is 3.77. The second-order valence-electron chi connectivity index (χ2n) is 7.54. The normalized spacial score (nSPS) is 15.5. The molecule has 0 spiro atoms. The number of amides is 4. The molecule has 1 saturated heterocycles. The molecule has 0 bridgehead atoms. The van der Waals surface area contributed by atoms with Crippen molar-refractivity contribution in [1.82, 2.24) is 9.88 Å². The minimum atomic E-state index is -0.766. The summed E-state index contributed by atoms with van der Waals surface area (Å²) in [6, 6.07) is 13.8. The standard InChI is InChI=1S/C24H20ClN3O3/c1-14-9-15(2)11-19(10-14)28-23(30)20(22(29)26-24(28)31)12-17-5-4-8-27(17)18-7-6-16(3)21(25)13-18/h4-13H,1-3H3,(H,26,29,31)/b20-12+. The summed E-state index contributed by atoms with van der Waals surface area (Å²) < 4.78 is 1.82. The van der Waals surface area contributed by atoms with Crippen molar-refractivity contribution in [2.75, 3.05) is 4.90 Å². The number of carbonyl (C=O) groups excluding carboxylic acids is 3. The number of halogens is 1. The number of anilines is 1. The quantitative estimate of drug-likeness (QED) is 0.479. The van der Waals surface area contributed by atoms with Crippen LogP contribution in [0.4, 0.5) is 10.5 Å². The number of nitrogens with one attached hydrogen (secondary N) is 1. The number of rotatable bonds is 3. The molecule has 0 unspecified atom stereocenters. The van der Waals surface area contributed by atoms with Crippen LogP contribution in [0.5, 0.6) is 0 Å². The predicted molar refractivity (Wildman–Crippen MR) is 120 cm³/mol. The van der Waals surface area contributed by atoms with E-state index >= 15 is 0 Å². The van der Waals surface area contributed by atoms with E-state index in [1.165, 1.54) is 6.08 Å². The SMILES string of the molecule is Cc1cc(C)cc(N2C(=O)NC(=O)/C(=C\c3cccn3-c3ccc(C)c(Cl)c3)C2=O)c1. The number of aryl methyl sites for hydroxylation is 3. The van der Waals surface area contributed by atoms with Gasteiger partial charge in [-0.1, -0.05) is 23.7 Å². The fraction of sp³-hybridized carbons (Fsp3) is 0.125. The van der Waals surface area contributed by atoms with E-state index < -0.39 is 17.8 Å². The van der Waals surface area contributed by atoms with Crippen LogP contribution in [0.15, 0.2) is 60.3 Å². The summed E-state index contributed by atoms with van der Waals surface area (Å²) in [6.45, 7) is 5.67. The first kappa shape index (κ1) is 20.6. The van der Waals surface area contributed by atoms with Crippen molar-refractivity contribution in [3.8, 4) is 5.69 Å². The average Bonchev–Trinajstić information content (AvgIpc) is 3.14. The number of hydrogen-bond acceptors (Lipinski definition) is 3. The fourth-order valence-electron chi connectivity index (χ4n) is 3.60. The van der Waals surface area contributed by atoms with E-state index in [9.17, 15) is 14.4 Å². The lowest BCUT2D eigenvalue weighted by Crippen LogP contribution is -2.54. The number of barbiturate groups is 1. The predicted octanol–water partition coefficient (Wildman–Crippen LogP) is 4.72. The van der Waals surface area contributed by atoms with Crippen molar-refractivity contribution in [2.45, 2.75) is 20.8 Å². The van der Waals surface area contributed by atoms with Gasteiger partial charge in [-0.25, -0.2) is 9.69 Å². The van der Waals surface area contributed by atoms with Crippen LogP contribution in [-0.4, -0.2) is 22.4 Å². The molecule has 4 rings (SSSR count). The Hall–Kier alpha value is -3.64. The van der Waals surface area contributed by atoms with E-state index in [4.69, 9.17) is 11.6 Å². The molecule has 0 radical (unpaired) electrons. The highest BCUT2D eigenvalue weighted by Crippen LogP contribution is 2.26.